The molecule has 0 saturated heterocycles. The standard InChI is InChI=1S/C28H24N2O4/c1-2-6-21(7-3-1)30-28(20-10-12-24-26(15-20)34-17-32-24)22-8-4-5-19(27(22)29-30)13-18-9-11-23-25(14-18)33-16-31-23/h1-3,6-7,9-15,22,28H,4-5,8,16-17H2/b19-13-/t22-,28+/m0/s1. The number of nitrogens with zero attached hydrogens (tertiary/aromatic N) is 2. The Hall–Kier alpha value is -3.93. The number of para-hydroxylation sites is 1. The summed E-state index contributed by atoms with van der Waals surface area (Å²) >= 11 is 0. The minimum atomic E-state index is 0.104. The molecule has 0 radical (unpaired) electrons. The first-order valence-electron chi connectivity index (χ1n) is 11.8. The van der Waals surface area contributed by atoms with Crippen LogP contribution in [-0.4, -0.2) is 19.3 Å². The Bertz CT molecular complexity index is 1320. The van der Waals surface area contributed by atoms with Crippen molar-refractivity contribution in [1.82, 2.24) is 0 Å². The van der Waals surface area contributed by atoms with E-state index < -0.39 is 0 Å². The number of ether oxygens (including phenoxy) is 4. The van der Waals surface area contributed by atoms with E-state index in [2.05, 4.69) is 59.6 Å². The average Bonchev–Trinajstić information content (AvgIpc) is 3.62. The zero-order chi connectivity index (χ0) is 22.5. The summed E-state index contributed by atoms with van der Waals surface area (Å²) in [6.45, 7) is 0.562. The summed E-state index contributed by atoms with van der Waals surface area (Å²) in [5.74, 6) is 3.53. The molecule has 6 nitrogen and oxygen atoms in total. The van der Waals surface area contributed by atoms with Gasteiger partial charge in [-0.3, -0.25) is 5.01 Å². The van der Waals surface area contributed by atoms with Crippen LogP contribution in [0.3, 0.4) is 0 Å². The summed E-state index contributed by atoms with van der Waals surface area (Å²) in [4.78, 5) is 0. The van der Waals surface area contributed by atoms with Crippen molar-refractivity contribution in [3.63, 3.8) is 0 Å². The Balaban J connectivity index is 1.30. The third-order valence-corrected chi connectivity index (χ3v) is 7.00. The van der Waals surface area contributed by atoms with E-state index in [0.717, 1.165) is 53.5 Å². The first kappa shape index (κ1) is 19.5. The lowest BCUT2D eigenvalue weighted by Crippen LogP contribution is -2.28. The number of rotatable bonds is 3. The Morgan fingerprint density at radius 2 is 1.53 bits per heavy atom. The summed E-state index contributed by atoms with van der Waals surface area (Å²) in [5.41, 5.74) is 5.87. The summed E-state index contributed by atoms with van der Waals surface area (Å²) in [7, 11) is 0. The maximum absolute atomic E-state index is 5.70. The maximum atomic E-state index is 5.70. The van der Waals surface area contributed by atoms with E-state index in [0.29, 0.717) is 5.92 Å². The Kier molecular flexibility index (Phi) is 4.50. The SMILES string of the molecule is C(=C1\CCC[C@H]2C1=NN(c1ccccc1)[C@@H]2c1ccc2c(c1)OCO2)/c1ccc2c(c1)OCO2. The molecule has 34 heavy (non-hydrogen) atoms. The molecule has 1 fully saturated rings. The molecule has 1 saturated carbocycles. The van der Waals surface area contributed by atoms with Crippen LogP contribution >= 0.6 is 0 Å². The molecule has 3 aromatic carbocycles. The molecule has 0 spiro atoms. The van der Waals surface area contributed by atoms with Gasteiger partial charge >= 0.3 is 0 Å². The molecule has 3 aliphatic heterocycles. The molecule has 0 amide bonds. The van der Waals surface area contributed by atoms with E-state index >= 15 is 0 Å². The van der Waals surface area contributed by atoms with Gasteiger partial charge in [0.15, 0.2) is 23.0 Å². The number of anilines is 1. The number of hydrogen-bond acceptors (Lipinski definition) is 6. The molecule has 0 N–H and O–H groups in total. The van der Waals surface area contributed by atoms with E-state index in [1.807, 2.05) is 18.2 Å². The molecule has 0 bridgehead atoms. The zero-order valence-corrected chi connectivity index (χ0v) is 18.6. The van der Waals surface area contributed by atoms with Crippen LogP contribution in [0.15, 0.2) is 77.4 Å². The van der Waals surface area contributed by atoms with Gasteiger partial charge in [0.25, 0.3) is 0 Å². The van der Waals surface area contributed by atoms with Crippen LogP contribution in [0.5, 0.6) is 23.0 Å². The molecule has 6 heteroatoms. The van der Waals surface area contributed by atoms with Crippen molar-refractivity contribution >= 4 is 17.5 Å². The lowest BCUT2D eigenvalue weighted by atomic mass is 9.77. The van der Waals surface area contributed by atoms with Gasteiger partial charge in [0.1, 0.15) is 0 Å². The number of hydrazone groups is 1. The Labute approximate surface area is 198 Å². The highest BCUT2D eigenvalue weighted by Crippen LogP contribution is 2.48. The summed E-state index contributed by atoms with van der Waals surface area (Å²) in [5, 5.41) is 7.43. The number of allylic oxidation sites excluding steroid dienone is 1. The molecule has 3 aromatic rings. The molecule has 170 valence electrons. The third kappa shape index (κ3) is 3.21. The van der Waals surface area contributed by atoms with Crippen molar-refractivity contribution in [2.24, 2.45) is 11.0 Å². The van der Waals surface area contributed by atoms with Crippen LogP contribution < -0.4 is 24.0 Å². The van der Waals surface area contributed by atoms with Gasteiger partial charge in [-0.25, -0.2) is 0 Å². The second kappa shape index (κ2) is 7.83. The maximum Gasteiger partial charge on any atom is 0.231 e. The zero-order valence-electron chi connectivity index (χ0n) is 18.6. The first-order valence-corrected chi connectivity index (χ1v) is 11.8. The minimum Gasteiger partial charge on any atom is -0.454 e. The second-order valence-corrected chi connectivity index (χ2v) is 9.00. The molecule has 0 aromatic heterocycles. The minimum absolute atomic E-state index is 0.104. The van der Waals surface area contributed by atoms with Gasteiger partial charge in [-0.15, -0.1) is 0 Å². The van der Waals surface area contributed by atoms with Gasteiger partial charge in [0, 0.05) is 5.92 Å². The highest BCUT2D eigenvalue weighted by molar-refractivity contribution is 6.08. The number of benzene rings is 3. The summed E-state index contributed by atoms with van der Waals surface area (Å²) < 4.78 is 22.3. The first-order chi connectivity index (χ1) is 16.8. The molecular weight excluding hydrogens is 428 g/mol. The normalized spacial score (nSPS) is 23.2. The summed E-state index contributed by atoms with van der Waals surface area (Å²) in [6, 6.07) is 23.0. The predicted molar refractivity (Wildman–Crippen MR) is 130 cm³/mol. The van der Waals surface area contributed by atoms with Crippen LogP contribution in [-0.2, 0) is 0 Å². The lowest BCUT2D eigenvalue weighted by Gasteiger charge is -2.30. The van der Waals surface area contributed by atoms with Crippen LogP contribution in [0.1, 0.15) is 36.4 Å². The van der Waals surface area contributed by atoms with E-state index in [1.54, 1.807) is 0 Å². The Morgan fingerprint density at radius 1 is 0.794 bits per heavy atom. The summed E-state index contributed by atoms with van der Waals surface area (Å²) in [6.07, 6.45) is 5.50. The van der Waals surface area contributed by atoms with Gasteiger partial charge in [0.2, 0.25) is 13.6 Å². The van der Waals surface area contributed by atoms with E-state index in [4.69, 9.17) is 24.0 Å². The molecule has 0 unspecified atom stereocenters. The van der Waals surface area contributed by atoms with Gasteiger partial charge in [-0.05, 0) is 78.4 Å². The highest BCUT2D eigenvalue weighted by atomic mass is 16.7. The fraction of sp³-hybridized carbons (Fsp3) is 0.250. The molecule has 2 atom stereocenters. The van der Waals surface area contributed by atoms with Gasteiger partial charge in [-0.2, -0.15) is 5.10 Å². The highest BCUT2D eigenvalue weighted by Gasteiger charge is 2.42. The van der Waals surface area contributed by atoms with Crippen molar-refractivity contribution in [3.05, 3.63) is 83.4 Å². The molecule has 7 rings (SSSR count). The smallest absolute Gasteiger partial charge is 0.231 e. The largest absolute Gasteiger partial charge is 0.454 e. The van der Waals surface area contributed by atoms with Gasteiger partial charge in [0.05, 0.1) is 17.4 Å². The van der Waals surface area contributed by atoms with Crippen molar-refractivity contribution in [1.29, 1.82) is 0 Å². The quantitative estimate of drug-likeness (QED) is 0.492. The van der Waals surface area contributed by atoms with E-state index in [9.17, 15) is 0 Å². The fourth-order valence-corrected chi connectivity index (χ4v) is 5.43. The lowest BCUT2D eigenvalue weighted by molar-refractivity contribution is 0.173. The van der Waals surface area contributed by atoms with Crippen LogP contribution in [0.25, 0.3) is 6.08 Å². The Morgan fingerprint density at radius 3 is 2.35 bits per heavy atom. The number of fused-ring (bicyclic) bond motifs is 3. The van der Waals surface area contributed by atoms with Crippen molar-refractivity contribution in [3.8, 4) is 23.0 Å². The molecule has 1 aliphatic carbocycles. The molecule has 4 aliphatic rings. The average molecular weight is 453 g/mol. The van der Waals surface area contributed by atoms with Crippen LogP contribution in [0.2, 0.25) is 0 Å². The van der Waals surface area contributed by atoms with Gasteiger partial charge in [-0.1, -0.05) is 30.3 Å². The second-order valence-electron chi connectivity index (χ2n) is 9.00. The molecule has 3 heterocycles. The number of hydrogen-bond donors (Lipinski definition) is 0. The van der Waals surface area contributed by atoms with Crippen LogP contribution in [0.4, 0.5) is 5.69 Å². The van der Waals surface area contributed by atoms with Crippen molar-refractivity contribution < 1.29 is 18.9 Å². The fourth-order valence-electron chi connectivity index (χ4n) is 5.43. The van der Waals surface area contributed by atoms with Crippen LogP contribution in [0, 0.1) is 5.92 Å². The molecular formula is C28H24N2O4. The van der Waals surface area contributed by atoms with E-state index in [-0.39, 0.29) is 19.6 Å². The predicted octanol–water partition coefficient (Wildman–Crippen LogP) is 5.95. The van der Waals surface area contributed by atoms with Gasteiger partial charge < -0.3 is 18.9 Å². The van der Waals surface area contributed by atoms with Crippen molar-refractivity contribution in [2.75, 3.05) is 18.6 Å². The topological polar surface area (TPSA) is 52.5 Å². The van der Waals surface area contributed by atoms with Crippen molar-refractivity contribution in [2.45, 2.75) is 25.3 Å². The third-order valence-electron chi connectivity index (χ3n) is 7.00. The van der Waals surface area contributed by atoms with E-state index in [1.165, 1.54) is 16.8 Å². The monoisotopic (exact) mass is 452 g/mol.